The van der Waals surface area contributed by atoms with E-state index in [0.717, 1.165) is 11.0 Å². The molecule has 7 nitrogen and oxygen atoms in total. The maximum Gasteiger partial charge on any atom is 0.339 e. The van der Waals surface area contributed by atoms with Gasteiger partial charge < -0.3 is 8.92 Å². The average Bonchev–Trinajstić information content (AvgIpc) is 3.32. The molecular weight excluding hydrogens is 460 g/mol. The van der Waals surface area contributed by atoms with Crippen molar-refractivity contribution in [3.05, 3.63) is 93.2 Å². The third-order valence-corrected chi connectivity index (χ3v) is 7.16. The minimum absolute atomic E-state index is 0.0493. The zero-order valence-electron chi connectivity index (χ0n) is 17.5. The Morgan fingerprint density at radius 3 is 2.55 bits per heavy atom. The molecule has 166 valence electrons. The van der Waals surface area contributed by atoms with Crippen molar-refractivity contribution in [1.29, 1.82) is 0 Å². The van der Waals surface area contributed by atoms with Crippen molar-refractivity contribution in [3.63, 3.8) is 0 Å². The van der Waals surface area contributed by atoms with Crippen LogP contribution in [-0.4, -0.2) is 24.4 Å². The third kappa shape index (κ3) is 3.96. The Kier molecular flexibility index (Phi) is 5.35. The van der Waals surface area contributed by atoms with Gasteiger partial charge in [-0.1, -0.05) is 47.7 Å². The van der Waals surface area contributed by atoms with Gasteiger partial charge in [-0.2, -0.15) is 8.42 Å². The summed E-state index contributed by atoms with van der Waals surface area (Å²) in [5.74, 6) is 0.345. The highest BCUT2D eigenvalue weighted by Crippen LogP contribution is 2.31. The first-order valence-electron chi connectivity index (χ1n) is 10.1. The second-order valence-electron chi connectivity index (χ2n) is 7.12. The highest BCUT2D eigenvalue weighted by Gasteiger charge is 2.19. The lowest BCUT2D eigenvalue weighted by Gasteiger charge is -2.12. The summed E-state index contributed by atoms with van der Waals surface area (Å²) in [5, 5.41) is 0. The molecule has 0 saturated heterocycles. The van der Waals surface area contributed by atoms with Gasteiger partial charge >= 0.3 is 10.1 Å². The van der Waals surface area contributed by atoms with E-state index in [4.69, 9.17) is 8.92 Å². The van der Waals surface area contributed by atoms with Crippen LogP contribution in [0, 0.1) is 0 Å². The van der Waals surface area contributed by atoms with Gasteiger partial charge in [-0.3, -0.25) is 4.79 Å². The van der Waals surface area contributed by atoms with E-state index >= 15 is 0 Å². The highest BCUT2D eigenvalue weighted by molar-refractivity contribution is 7.87. The Morgan fingerprint density at radius 2 is 1.76 bits per heavy atom. The Morgan fingerprint density at radius 1 is 1.00 bits per heavy atom. The molecule has 0 amide bonds. The Bertz CT molecular complexity index is 1690. The van der Waals surface area contributed by atoms with Crippen LogP contribution in [0.15, 0.2) is 82.5 Å². The summed E-state index contributed by atoms with van der Waals surface area (Å²) in [6, 6.07) is 20.2. The number of ether oxygens (including phenoxy) is 1. The van der Waals surface area contributed by atoms with Crippen LogP contribution in [0.2, 0.25) is 0 Å². The van der Waals surface area contributed by atoms with Crippen LogP contribution >= 0.6 is 11.3 Å². The molecule has 0 atom stereocenters. The fourth-order valence-electron chi connectivity index (χ4n) is 3.47. The number of imidazole rings is 1. The van der Waals surface area contributed by atoms with E-state index in [1.165, 1.54) is 29.5 Å². The molecule has 0 aliphatic carbocycles. The van der Waals surface area contributed by atoms with Crippen LogP contribution < -0.4 is 19.0 Å². The molecule has 5 rings (SSSR count). The first kappa shape index (κ1) is 21.2. The largest absolute Gasteiger partial charge is 0.490 e. The van der Waals surface area contributed by atoms with Gasteiger partial charge in [0.15, 0.2) is 16.5 Å². The van der Waals surface area contributed by atoms with Gasteiger partial charge in [0.05, 0.1) is 22.2 Å². The SMILES string of the molecule is CCOc1cc(/C=c2\sc3nc4ccccc4n3c2=O)ccc1OS(=O)(=O)c1ccccc1. The van der Waals surface area contributed by atoms with Crippen molar-refractivity contribution in [2.24, 2.45) is 0 Å². The third-order valence-electron chi connectivity index (χ3n) is 4.94. The molecule has 33 heavy (non-hydrogen) atoms. The fourth-order valence-corrected chi connectivity index (χ4v) is 5.42. The van der Waals surface area contributed by atoms with Crippen molar-refractivity contribution < 1.29 is 17.3 Å². The minimum Gasteiger partial charge on any atom is -0.490 e. The normalized spacial score (nSPS) is 12.5. The molecule has 3 aromatic carbocycles. The zero-order chi connectivity index (χ0) is 23.0. The predicted molar refractivity (Wildman–Crippen MR) is 127 cm³/mol. The first-order valence-corrected chi connectivity index (χ1v) is 12.4. The summed E-state index contributed by atoms with van der Waals surface area (Å²) in [4.78, 5) is 18.2. The second-order valence-corrected chi connectivity index (χ2v) is 9.68. The Hall–Kier alpha value is -3.69. The number of para-hydroxylation sites is 2. The molecule has 0 saturated carbocycles. The maximum absolute atomic E-state index is 13.0. The van der Waals surface area contributed by atoms with E-state index in [2.05, 4.69) is 4.98 Å². The molecule has 5 aromatic rings. The molecule has 2 heterocycles. The number of rotatable bonds is 6. The first-order chi connectivity index (χ1) is 16.0. The lowest BCUT2D eigenvalue weighted by atomic mass is 10.2. The van der Waals surface area contributed by atoms with Crippen molar-refractivity contribution in [2.75, 3.05) is 6.61 Å². The van der Waals surface area contributed by atoms with Crippen LogP contribution in [0.25, 0.3) is 22.1 Å². The van der Waals surface area contributed by atoms with E-state index in [1.54, 1.807) is 47.7 Å². The number of thiazole rings is 1. The lowest BCUT2D eigenvalue weighted by molar-refractivity contribution is 0.327. The van der Waals surface area contributed by atoms with Crippen LogP contribution in [-0.2, 0) is 10.1 Å². The maximum atomic E-state index is 13.0. The molecule has 0 unspecified atom stereocenters. The topological polar surface area (TPSA) is 87.0 Å². The molecule has 9 heteroatoms. The van der Waals surface area contributed by atoms with Crippen molar-refractivity contribution >= 4 is 43.5 Å². The van der Waals surface area contributed by atoms with Gasteiger partial charge in [0.2, 0.25) is 0 Å². The number of nitrogens with zero attached hydrogens (tertiary/aromatic N) is 2. The molecule has 0 fully saturated rings. The summed E-state index contributed by atoms with van der Waals surface area (Å²) in [5.41, 5.74) is 2.05. The van der Waals surface area contributed by atoms with Crippen LogP contribution in [0.3, 0.4) is 0 Å². The van der Waals surface area contributed by atoms with Crippen molar-refractivity contribution in [1.82, 2.24) is 9.38 Å². The molecule has 2 aromatic heterocycles. The summed E-state index contributed by atoms with van der Waals surface area (Å²) in [6.07, 6.45) is 1.73. The molecule has 0 aliphatic rings. The van der Waals surface area contributed by atoms with Gasteiger partial charge in [-0.15, -0.1) is 0 Å². The minimum atomic E-state index is -4.01. The van der Waals surface area contributed by atoms with Gasteiger partial charge in [-0.25, -0.2) is 9.38 Å². The van der Waals surface area contributed by atoms with Gasteiger partial charge in [0.1, 0.15) is 4.90 Å². The molecule has 0 aliphatic heterocycles. The molecular formula is C24H18N2O5S2. The summed E-state index contributed by atoms with van der Waals surface area (Å²) in [7, 11) is -4.01. The van der Waals surface area contributed by atoms with Crippen LogP contribution in [0.1, 0.15) is 12.5 Å². The van der Waals surface area contributed by atoms with E-state index in [-0.39, 0.29) is 22.0 Å². The average molecular weight is 479 g/mol. The zero-order valence-corrected chi connectivity index (χ0v) is 19.1. The second kappa shape index (κ2) is 8.34. The number of fused-ring (bicyclic) bond motifs is 3. The van der Waals surface area contributed by atoms with Gasteiger partial charge in [0, 0.05) is 0 Å². The van der Waals surface area contributed by atoms with Gasteiger partial charge in [0.25, 0.3) is 5.56 Å². The molecule has 0 N–H and O–H groups in total. The molecule has 0 bridgehead atoms. The van der Waals surface area contributed by atoms with E-state index in [0.29, 0.717) is 21.7 Å². The highest BCUT2D eigenvalue weighted by atomic mass is 32.2. The monoisotopic (exact) mass is 478 g/mol. The Balaban J connectivity index is 1.55. The fraction of sp³-hybridized carbons (Fsp3) is 0.0833. The molecule has 0 spiro atoms. The summed E-state index contributed by atoms with van der Waals surface area (Å²) in [6.45, 7) is 2.11. The van der Waals surface area contributed by atoms with Crippen LogP contribution in [0.5, 0.6) is 11.5 Å². The van der Waals surface area contributed by atoms with Crippen LogP contribution in [0.4, 0.5) is 0 Å². The van der Waals surface area contributed by atoms with E-state index < -0.39 is 10.1 Å². The number of aromatic nitrogens is 2. The van der Waals surface area contributed by atoms with Crippen molar-refractivity contribution in [3.8, 4) is 11.5 Å². The summed E-state index contributed by atoms with van der Waals surface area (Å²) < 4.78 is 38.3. The Labute approximate surface area is 193 Å². The molecule has 0 radical (unpaired) electrons. The number of hydrogen-bond acceptors (Lipinski definition) is 7. The number of benzene rings is 3. The smallest absolute Gasteiger partial charge is 0.339 e. The lowest BCUT2D eigenvalue weighted by Crippen LogP contribution is -2.22. The van der Waals surface area contributed by atoms with Crippen molar-refractivity contribution in [2.45, 2.75) is 11.8 Å². The predicted octanol–water partition coefficient (Wildman–Crippen LogP) is 3.62. The standard InChI is InChI=1S/C24H18N2O5S2/c1-2-30-21-14-16(12-13-20(21)31-33(28,29)17-8-4-3-5-9-17)15-22-23(27)26-19-11-7-6-10-18(19)25-24(26)32-22/h3-15H,2H2,1H3/b22-15-. The number of hydrogen-bond donors (Lipinski definition) is 0. The quantitative estimate of drug-likeness (QED) is 0.347. The van der Waals surface area contributed by atoms with Gasteiger partial charge in [-0.05, 0) is 55.0 Å². The van der Waals surface area contributed by atoms with E-state index in [1.807, 2.05) is 24.3 Å². The van der Waals surface area contributed by atoms with E-state index in [9.17, 15) is 13.2 Å². The summed E-state index contributed by atoms with van der Waals surface area (Å²) >= 11 is 1.29.